The molecule has 5 heteroatoms. The molecule has 0 saturated heterocycles. The highest BCUT2D eigenvalue weighted by molar-refractivity contribution is 7.00. The molecule has 2 atom stereocenters. The van der Waals surface area contributed by atoms with Crippen molar-refractivity contribution in [2.75, 3.05) is 14.7 Å². The van der Waals surface area contributed by atoms with Crippen LogP contribution in [0.5, 0.6) is 0 Å². The Morgan fingerprint density at radius 2 is 0.823 bits per heavy atom. The summed E-state index contributed by atoms with van der Waals surface area (Å²) in [5.41, 5.74) is 26.9. The van der Waals surface area contributed by atoms with Crippen LogP contribution in [-0.4, -0.2) is 12.3 Å². The number of furan rings is 1. The van der Waals surface area contributed by atoms with Gasteiger partial charge in [0, 0.05) is 67.8 Å². The standard InChI is InChI=1S/C74H82BN3O/c1-67(2)31-32-68(3,4)52-37-45(26-28-50(52)67)76-60-43-55-53(69(5,6)33-35-71(55,9)10)41-57(60)75-58-42-54-56(72(11,12)36-34-70(54,7)8)44-61(58)77(46-25-27-49-48-21-15-18-24-64(48)79-65(49)40-46)63-39-47(38-62(76)66(63)75)78-59-23-17-16-22-51(59)73(13)29-19-20-30-74(73,78)14/h15-18,21-28,37-44H,19-20,29-36H2,1-14H3. The molecule has 8 aromatic rings. The minimum Gasteiger partial charge on any atom is -0.456 e. The Labute approximate surface area is 472 Å². The monoisotopic (exact) mass is 1040 g/mol. The molecule has 1 saturated carbocycles. The first-order valence-corrected chi connectivity index (χ1v) is 30.5. The summed E-state index contributed by atoms with van der Waals surface area (Å²) in [6.07, 6.45) is 11.8. The lowest BCUT2D eigenvalue weighted by atomic mass is 9.32. The first kappa shape index (κ1) is 49.8. The van der Waals surface area contributed by atoms with Crippen LogP contribution in [0.25, 0.3) is 21.9 Å². The van der Waals surface area contributed by atoms with E-state index >= 15 is 0 Å². The first-order chi connectivity index (χ1) is 37.3. The number of fused-ring (bicyclic) bond motifs is 13. The molecule has 7 aromatic carbocycles. The van der Waals surface area contributed by atoms with Gasteiger partial charge in [0.2, 0.25) is 0 Å². The Balaban J connectivity index is 1.11. The molecule has 4 nitrogen and oxygen atoms in total. The van der Waals surface area contributed by atoms with E-state index in [2.05, 4.69) is 233 Å². The molecule has 4 aliphatic carbocycles. The van der Waals surface area contributed by atoms with E-state index in [0.717, 1.165) is 53.3 Å². The molecule has 0 spiro atoms. The zero-order valence-corrected chi connectivity index (χ0v) is 49.9. The second-order valence-electron chi connectivity index (χ2n) is 30.4. The molecule has 0 radical (unpaired) electrons. The zero-order chi connectivity index (χ0) is 54.9. The lowest BCUT2D eigenvalue weighted by Gasteiger charge is -2.52. The van der Waals surface area contributed by atoms with Crippen LogP contribution in [0.4, 0.5) is 45.5 Å². The molecule has 0 amide bonds. The minimum atomic E-state index is -0.137. The van der Waals surface area contributed by atoms with Crippen molar-refractivity contribution < 1.29 is 4.42 Å². The summed E-state index contributed by atoms with van der Waals surface area (Å²) in [7, 11) is 0. The summed E-state index contributed by atoms with van der Waals surface area (Å²) < 4.78 is 6.86. The van der Waals surface area contributed by atoms with Gasteiger partial charge in [0.05, 0.1) is 5.54 Å². The maximum Gasteiger partial charge on any atom is 0.252 e. The summed E-state index contributed by atoms with van der Waals surface area (Å²) in [6, 6.07) is 49.0. The number of benzene rings is 7. The predicted octanol–water partition coefficient (Wildman–Crippen LogP) is 18.5. The number of para-hydroxylation sites is 2. The molecule has 1 aromatic heterocycles. The van der Waals surface area contributed by atoms with Gasteiger partial charge < -0.3 is 19.1 Å². The Kier molecular flexibility index (Phi) is 9.98. The fourth-order valence-corrected chi connectivity index (χ4v) is 17.5. The van der Waals surface area contributed by atoms with Gasteiger partial charge in [-0.1, -0.05) is 157 Å². The van der Waals surface area contributed by atoms with Gasteiger partial charge in [0.25, 0.3) is 6.71 Å². The van der Waals surface area contributed by atoms with E-state index in [1.54, 1.807) is 0 Å². The van der Waals surface area contributed by atoms with E-state index in [1.165, 1.54) is 134 Å². The number of nitrogens with zero attached hydrogens (tertiary/aromatic N) is 3. The van der Waals surface area contributed by atoms with Crippen molar-refractivity contribution in [1.82, 2.24) is 0 Å². The predicted molar refractivity (Wildman–Crippen MR) is 336 cm³/mol. The molecular weight excluding hydrogens is 958 g/mol. The summed E-state index contributed by atoms with van der Waals surface area (Å²) in [5, 5.41) is 2.32. The number of hydrogen-bond acceptors (Lipinski definition) is 4. The van der Waals surface area contributed by atoms with Gasteiger partial charge >= 0.3 is 0 Å². The molecule has 4 heterocycles. The van der Waals surface area contributed by atoms with E-state index in [1.807, 2.05) is 0 Å². The van der Waals surface area contributed by atoms with Crippen molar-refractivity contribution in [3.05, 3.63) is 160 Å². The van der Waals surface area contributed by atoms with Crippen molar-refractivity contribution >= 4 is 90.5 Å². The Bertz CT molecular complexity index is 3960. The summed E-state index contributed by atoms with van der Waals surface area (Å²) in [5.74, 6) is 0. The van der Waals surface area contributed by atoms with E-state index < -0.39 is 0 Å². The number of hydrogen-bond donors (Lipinski definition) is 0. The Morgan fingerprint density at radius 3 is 1.42 bits per heavy atom. The largest absolute Gasteiger partial charge is 0.456 e. The minimum absolute atomic E-state index is 0.00552. The highest BCUT2D eigenvalue weighted by Crippen LogP contribution is 2.63. The maximum absolute atomic E-state index is 6.86. The fourth-order valence-electron chi connectivity index (χ4n) is 17.5. The van der Waals surface area contributed by atoms with Gasteiger partial charge in [-0.25, -0.2) is 0 Å². The van der Waals surface area contributed by atoms with Crippen LogP contribution in [0.15, 0.2) is 126 Å². The van der Waals surface area contributed by atoms with Crippen LogP contribution >= 0.6 is 0 Å². The summed E-state index contributed by atoms with van der Waals surface area (Å²) in [6.45, 7) is 35.2. The van der Waals surface area contributed by atoms with Crippen molar-refractivity contribution in [2.45, 2.75) is 205 Å². The van der Waals surface area contributed by atoms with Crippen molar-refractivity contribution in [3.8, 4) is 0 Å². The van der Waals surface area contributed by atoms with Gasteiger partial charge in [0.15, 0.2) is 0 Å². The lowest BCUT2D eigenvalue weighted by molar-refractivity contribution is 0.195. The molecule has 2 unspecified atom stereocenters. The van der Waals surface area contributed by atoms with E-state index in [4.69, 9.17) is 4.42 Å². The molecule has 79 heavy (non-hydrogen) atoms. The first-order valence-electron chi connectivity index (χ1n) is 30.5. The van der Waals surface area contributed by atoms with Crippen molar-refractivity contribution in [1.29, 1.82) is 0 Å². The van der Waals surface area contributed by atoms with Crippen LogP contribution in [0.1, 0.15) is 200 Å². The van der Waals surface area contributed by atoms with Crippen molar-refractivity contribution in [2.24, 2.45) is 0 Å². The fraction of sp³-hybridized carbons (Fsp3) is 0.432. The average molecular weight is 1040 g/mol. The van der Waals surface area contributed by atoms with E-state index in [9.17, 15) is 0 Å². The summed E-state index contributed by atoms with van der Waals surface area (Å²) in [4.78, 5) is 8.33. The van der Waals surface area contributed by atoms with Gasteiger partial charge in [0.1, 0.15) is 11.2 Å². The van der Waals surface area contributed by atoms with Crippen LogP contribution in [0.3, 0.4) is 0 Å². The van der Waals surface area contributed by atoms with Crippen LogP contribution in [-0.2, 0) is 37.9 Å². The van der Waals surface area contributed by atoms with Gasteiger partial charge in [-0.15, -0.1) is 0 Å². The van der Waals surface area contributed by atoms with Crippen molar-refractivity contribution in [3.63, 3.8) is 0 Å². The highest BCUT2D eigenvalue weighted by atomic mass is 16.3. The molecule has 0 bridgehead atoms. The third-order valence-electron chi connectivity index (χ3n) is 23.0. The molecule has 1 fully saturated rings. The summed E-state index contributed by atoms with van der Waals surface area (Å²) >= 11 is 0. The quantitative estimate of drug-likeness (QED) is 0.165. The van der Waals surface area contributed by atoms with Crippen LogP contribution < -0.4 is 31.1 Å². The third kappa shape index (κ3) is 6.68. The average Bonchev–Trinajstić information content (AvgIpc) is 4.14. The topological polar surface area (TPSA) is 22.9 Å². The highest BCUT2D eigenvalue weighted by Gasteiger charge is 2.58. The van der Waals surface area contributed by atoms with Crippen LogP contribution in [0.2, 0.25) is 0 Å². The number of rotatable bonds is 3. The second-order valence-corrected chi connectivity index (χ2v) is 30.4. The Morgan fingerprint density at radius 1 is 0.354 bits per heavy atom. The lowest BCUT2D eigenvalue weighted by Crippen LogP contribution is -2.62. The van der Waals surface area contributed by atoms with Crippen LogP contribution in [0, 0.1) is 0 Å². The maximum atomic E-state index is 6.86. The van der Waals surface area contributed by atoms with E-state index in [0.29, 0.717) is 0 Å². The second kappa shape index (κ2) is 15.8. The van der Waals surface area contributed by atoms with Gasteiger partial charge in [-0.2, -0.15) is 0 Å². The molecule has 0 N–H and O–H groups in total. The molecule has 3 aliphatic heterocycles. The SMILES string of the molecule is CC1(C)CCC(C)(C)c2cc(N3c4cc5c(cc4B4c6cc7c(cc6N(c6ccc8c(c6)oc6ccccc68)c6cc(N8c9ccccc9C9(C)CCCCC89C)cc3c64)C(C)(C)CCC7(C)C)C(C)(C)CCC5(C)C)ccc21. The zero-order valence-electron chi connectivity index (χ0n) is 49.9. The van der Waals surface area contributed by atoms with E-state index in [-0.39, 0.29) is 50.2 Å². The van der Waals surface area contributed by atoms with Gasteiger partial charge in [-0.3, -0.25) is 0 Å². The van der Waals surface area contributed by atoms with Gasteiger partial charge in [-0.05, 0) is 207 Å². The molecule has 7 aliphatic rings. The molecule has 402 valence electrons. The third-order valence-corrected chi connectivity index (χ3v) is 23.0. The molecule has 15 rings (SSSR count). The Hall–Kier alpha value is -6.20. The normalized spacial score (nSPS) is 24.7. The smallest absolute Gasteiger partial charge is 0.252 e. The number of anilines is 8. The molecular formula is C74H82BN3O.